The van der Waals surface area contributed by atoms with Crippen LogP contribution in [0, 0.1) is 12.7 Å². The molecule has 1 fully saturated rings. The van der Waals surface area contributed by atoms with Crippen LogP contribution in [0.25, 0.3) is 11.0 Å². The quantitative estimate of drug-likeness (QED) is 0.644. The zero-order valence-corrected chi connectivity index (χ0v) is 16.6. The molecule has 1 aliphatic heterocycles. The molecule has 30 heavy (non-hydrogen) atoms. The molecule has 1 saturated heterocycles. The van der Waals surface area contributed by atoms with E-state index in [1.54, 1.807) is 31.2 Å². The second-order valence-corrected chi connectivity index (χ2v) is 7.45. The Labute approximate surface area is 172 Å². The van der Waals surface area contributed by atoms with Crippen molar-refractivity contribution in [1.29, 1.82) is 0 Å². The van der Waals surface area contributed by atoms with Gasteiger partial charge in [0.25, 0.3) is 5.91 Å². The Bertz CT molecular complexity index is 1040. The Morgan fingerprint density at radius 3 is 2.80 bits per heavy atom. The first-order chi connectivity index (χ1) is 14.5. The molecule has 0 aliphatic carbocycles. The number of aromatic nitrogens is 1. The number of aryl methyl sites for hydroxylation is 1. The maximum Gasteiger partial charge on any atom is 0.255 e. The number of hydrogen-bond acceptors (Lipinski definition) is 6. The number of carbonyl (C=O) groups is 1. The Balaban J connectivity index is 1.56. The van der Waals surface area contributed by atoms with Gasteiger partial charge in [-0.15, -0.1) is 0 Å². The first-order valence-electron chi connectivity index (χ1n) is 9.77. The lowest BCUT2D eigenvalue weighted by Gasteiger charge is -2.36. The van der Waals surface area contributed by atoms with Crippen molar-refractivity contribution in [2.24, 2.45) is 0 Å². The van der Waals surface area contributed by atoms with E-state index < -0.39 is 11.4 Å². The van der Waals surface area contributed by atoms with Crippen LogP contribution in [0.15, 0.2) is 40.9 Å². The summed E-state index contributed by atoms with van der Waals surface area (Å²) in [5, 5.41) is 13.5. The van der Waals surface area contributed by atoms with Gasteiger partial charge in [0.15, 0.2) is 0 Å². The van der Waals surface area contributed by atoms with Gasteiger partial charge in [-0.3, -0.25) is 9.78 Å². The number of rotatable bonds is 6. The van der Waals surface area contributed by atoms with Gasteiger partial charge in [0, 0.05) is 18.6 Å². The summed E-state index contributed by atoms with van der Waals surface area (Å²) in [6, 6.07) is 8.09. The fraction of sp³-hybridized carbons (Fsp3) is 0.364. The highest BCUT2D eigenvalue weighted by Crippen LogP contribution is 2.30. The van der Waals surface area contributed by atoms with Crippen molar-refractivity contribution in [3.05, 3.63) is 59.4 Å². The molecule has 4 rings (SSSR count). The Morgan fingerprint density at radius 1 is 1.30 bits per heavy atom. The lowest BCUT2D eigenvalue weighted by molar-refractivity contribution is 0.0125. The summed E-state index contributed by atoms with van der Waals surface area (Å²) in [5.74, 6) is 0.306. The highest BCUT2D eigenvalue weighted by atomic mass is 19.1. The zero-order valence-electron chi connectivity index (χ0n) is 16.6. The van der Waals surface area contributed by atoms with Crippen molar-refractivity contribution >= 4 is 16.9 Å². The predicted octanol–water partition coefficient (Wildman–Crippen LogP) is 3.13. The number of pyridine rings is 1. The molecule has 0 atom stereocenters. The molecule has 0 spiro atoms. The molecule has 0 radical (unpaired) electrons. The molecular formula is C22H23FN2O5. The first kappa shape index (κ1) is 20.3. The van der Waals surface area contributed by atoms with Crippen LogP contribution in [0.1, 0.15) is 34.7 Å². The van der Waals surface area contributed by atoms with Crippen LogP contribution in [0.4, 0.5) is 4.39 Å². The lowest BCUT2D eigenvalue weighted by Crippen LogP contribution is -2.54. The van der Waals surface area contributed by atoms with Crippen LogP contribution in [0.5, 0.6) is 5.75 Å². The Morgan fingerprint density at radius 2 is 2.10 bits per heavy atom. The molecule has 7 nitrogen and oxygen atoms in total. The summed E-state index contributed by atoms with van der Waals surface area (Å²) in [5.41, 5.74) is 0.861. The van der Waals surface area contributed by atoms with Crippen molar-refractivity contribution in [1.82, 2.24) is 10.3 Å². The van der Waals surface area contributed by atoms with E-state index in [4.69, 9.17) is 13.9 Å². The third kappa shape index (κ3) is 4.15. The molecular weight excluding hydrogens is 391 g/mol. The minimum atomic E-state index is -0.701. The average Bonchev–Trinajstić information content (AvgIpc) is 3.09. The fourth-order valence-corrected chi connectivity index (χ4v) is 3.61. The van der Waals surface area contributed by atoms with Crippen molar-refractivity contribution in [2.75, 3.05) is 19.8 Å². The van der Waals surface area contributed by atoms with Crippen LogP contribution in [0.3, 0.4) is 0 Å². The lowest BCUT2D eigenvalue weighted by atomic mass is 9.90. The zero-order chi connectivity index (χ0) is 21.1. The number of hydrogen-bond donors (Lipinski definition) is 2. The minimum Gasteiger partial charge on any atom is -0.487 e. The van der Waals surface area contributed by atoms with E-state index in [0.29, 0.717) is 59.8 Å². The summed E-state index contributed by atoms with van der Waals surface area (Å²) in [4.78, 5) is 17.1. The normalized spacial score (nSPS) is 15.8. The molecule has 3 aromatic rings. The van der Waals surface area contributed by atoms with E-state index in [1.807, 2.05) is 0 Å². The topological polar surface area (TPSA) is 93.8 Å². The second kappa shape index (κ2) is 8.41. The van der Waals surface area contributed by atoms with Gasteiger partial charge in [-0.25, -0.2) is 4.39 Å². The Kier molecular flexibility index (Phi) is 5.69. The number of nitrogens with zero attached hydrogens (tertiary/aromatic N) is 1. The Hall–Kier alpha value is -2.97. The maximum atomic E-state index is 13.1. The van der Waals surface area contributed by atoms with Crippen LogP contribution < -0.4 is 10.1 Å². The smallest absolute Gasteiger partial charge is 0.255 e. The van der Waals surface area contributed by atoms with Gasteiger partial charge >= 0.3 is 0 Å². The summed E-state index contributed by atoms with van der Waals surface area (Å²) >= 11 is 0. The standard InChI is InChI=1S/C22H23FN2O5/c1-14-20(21(27)25-22(13-26)6-8-28-9-7-22)18-10-17(4-5-19(18)30-14)29-12-16-3-2-15(23)11-24-16/h2-5,10-11,26H,6-9,12-13H2,1H3,(H,25,27). The largest absolute Gasteiger partial charge is 0.487 e. The van der Waals surface area contributed by atoms with Crippen molar-refractivity contribution in [3.63, 3.8) is 0 Å². The number of nitrogens with one attached hydrogen (secondary N) is 1. The predicted molar refractivity (Wildman–Crippen MR) is 107 cm³/mol. The third-order valence-corrected chi connectivity index (χ3v) is 5.37. The first-order valence-corrected chi connectivity index (χ1v) is 9.77. The second-order valence-electron chi connectivity index (χ2n) is 7.45. The SMILES string of the molecule is Cc1oc2ccc(OCc3ccc(F)cn3)cc2c1C(=O)NC1(CO)CCOCC1. The number of benzene rings is 1. The van der Waals surface area contributed by atoms with Gasteiger partial charge in [-0.2, -0.15) is 0 Å². The third-order valence-electron chi connectivity index (χ3n) is 5.37. The van der Waals surface area contributed by atoms with E-state index in [0.717, 1.165) is 6.20 Å². The number of ether oxygens (including phenoxy) is 2. The molecule has 158 valence electrons. The van der Waals surface area contributed by atoms with Crippen molar-refractivity contribution in [2.45, 2.75) is 31.9 Å². The van der Waals surface area contributed by atoms with Crippen molar-refractivity contribution < 1.29 is 28.2 Å². The number of carbonyl (C=O) groups excluding carboxylic acids is 1. The number of fused-ring (bicyclic) bond motifs is 1. The molecule has 2 aromatic heterocycles. The van der Waals surface area contributed by atoms with Crippen molar-refractivity contribution in [3.8, 4) is 5.75 Å². The molecule has 2 N–H and O–H groups in total. The average molecular weight is 414 g/mol. The molecule has 1 amide bonds. The van der Waals surface area contributed by atoms with Gasteiger partial charge in [0.1, 0.15) is 29.5 Å². The van der Waals surface area contributed by atoms with Gasteiger partial charge in [-0.05, 0) is 50.1 Å². The van der Waals surface area contributed by atoms with Gasteiger partial charge < -0.3 is 24.3 Å². The number of furan rings is 1. The minimum absolute atomic E-state index is 0.157. The molecule has 8 heteroatoms. The van der Waals surface area contributed by atoms with Gasteiger partial charge in [-0.1, -0.05) is 0 Å². The highest BCUT2D eigenvalue weighted by Gasteiger charge is 2.35. The van der Waals surface area contributed by atoms with Crippen LogP contribution in [-0.2, 0) is 11.3 Å². The van der Waals surface area contributed by atoms with Gasteiger partial charge in [0.2, 0.25) is 0 Å². The number of halogens is 1. The van der Waals surface area contributed by atoms with E-state index in [1.165, 1.54) is 6.07 Å². The number of aliphatic hydroxyl groups excluding tert-OH is 1. The van der Waals surface area contributed by atoms with Crippen LogP contribution in [-0.4, -0.2) is 41.4 Å². The molecule has 1 aliphatic rings. The van der Waals surface area contributed by atoms with Crippen LogP contribution >= 0.6 is 0 Å². The maximum absolute atomic E-state index is 13.1. The summed E-state index contributed by atoms with van der Waals surface area (Å²) in [7, 11) is 0. The van der Waals surface area contributed by atoms with E-state index in [2.05, 4.69) is 10.3 Å². The van der Waals surface area contributed by atoms with E-state index in [9.17, 15) is 14.3 Å². The molecule has 3 heterocycles. The number of amides is 1. The monoisotopic (exact) mass is 414 g/mol. The summed E-state index contributed by atoms with van der Waals surface area (Å²) in [6.07, 6.45) is 2.23. The molecule has 0 saturated carbocycles. The van der Waals surface area contributed by atoms with Gasteiger partial charge in [0.05, 0.1) is 29.6 Å². The molecule has 0 unspecified atom stereocenters. The fourth-order valence-electron chi connectivity index (χ4n) is 3.61. The van der Waals surface area contributed by atoms with E-state index in [-0.39, 0.29) is 19.1 Å². The van der Waals surface area contributed by atoms with Crippen LogP contribution in [0.2, 0.25) is 0 Å². The summed E-state index contributed by atoms with van der Waals surface area (Å²) < 4.78 is 29.9. The highest BCUT2D eigenvalue weighted by molar-refractivity contribution is 6.07. The van der Waals surface area contributed by atoms with E-state index >= 15 is 0 Å². The summed E-state index contributed by atoms with van der Waals surface area (Å²) in [6.45, 7) is 2.71. The number of aliphatic hydroxyl groups is 1. The molecule has 1 aromatic carbocycles. The molecule has 0 bridgehead atoms.